The maximum Gasteiger partial charge on any atom is 0.419 e. The van der Waals surface area contributed by atoms with Crippen LogP contribution in [0.2, 0.25) is 0 Å². The number of aliphatic hydroxyl groups excluding tert-OH is 1. The summed E-state index contributed by atoms with van der Waals surface area (Å²) in [6.07, 6.45) is -4.49. The van der Waals surface area contributed by atoms with E-state index >= 15 is 0 Å². The van der Waals surface area contributed by atoms with E-state index in [1.54, 1.807) is 24.3 Å². The van der Waals surface area contributed by atoms with E-state index in [4.69, 9.17) is 9.84 Å². The monoisotopic (exact) mass is 282 g/mol. The van der Waals surface area contributed by atoms with Crippen molar-refractivity contribution in [2.24, 2.45) is 0 Å². The minimum atomic E-state index is -4.49. The molecule has 0 aromatic heterocycles. The Morgan fingerprint density at radius 3 is 2.25 bits per heavy atom. The van der Waals surface area contributed by atoms with Crippen LogP contribution in [0.5, 0.6) is 5.75 Å². The number of alkyl halides is 3. The van der Waals surface area contributed by atoms with Crippen LogP contribution in [-0.2, 0) is 19.4 Å². The molecule has 0 aliphatic carbocycles. The largest absolute Gasteiger partial charge is 0.488 e. The molecule has 2 aromatic carbocycles. The zero-order valence-corrected chi connectivity index (χ0v) is 10.5. The van der Waals surface area contributed by atoms with Gasteiger partial charge in [-0.25, -0.2) is 0 Å². The quantitative estimate of drug-likeness (QED) is 0.924. The number of benzene rings is 2. The van der Waals surface area contributed by atoms with Crippen LogP contribution in [0.1, 0.15) is 16.7 Å². The van der Waals surface area contributed by atoms with Crippen molar-refractivity contribution in [1.82, 2.24) is 0 Å². The maximum atomic E-state index is 12.9. The Balaban J connectivity index is 2.24. The van der Waals surface area contributed by atoms with Gasteiger partial charge in [0.05, 0.1) is 12.2 Å². The Kier molecular flexibility index (Phi) is 4.29. The SMILES string of the molecule is OCc1ccc(C(F)(F)F)c(OCc2ccccc2)c1. The van der Waals surface area contributed by atoms with Gasteiger partial charge >= 0.3 is 6.18 Å². The van der Waals surface area contributed by atoms with E-state index < -0.39 is 11.7 Å². The summed E-state index contributed by atoms with van der Waals surface area (Å²) < 4.78 is 43.9. The molecular weight excluding hydrogens is 269 g/mol. The van der Waals surface area contributed by atoms with Crippen molar-refractivity contribution < 1.29 is 23.0 Å². The molecule has 0 saturated heterocycles. The third kappa shape index (κ3) is 3.51. The molecule has 2 nitrogen and oxygen atoms in total. The minimum Gasteiger partial charge on any atom is -0.488 e. The zero-order chi connectivity index (χ0) is 14.6. The molecule has 5 heteroatoms. The highest BCUT2D eigenvalue weighted by molar-refractivity contribution is 5.39. The van der Waals surface area contributed by atoms with Crippen LogP contribution >= 0.6 is 0 Å². The smallest absolute Gasteiger partial charge is 0.419 e. The molecule has 0 aliphatic heterocycles. The molecule has 0 atom stereocenters. The van der Waals surface area contributed by atoms with Gasteiger partial charge in [0.1, 0.15) is 12.4 Å². The zero-order valence-electron chi connectivity index (χ0n) is 10.5. The lowest BCUT2D eigenvalue weighted by molar-refractivity contribution is -0.139. The van der Waals surface area contributed by atoms with E-state index in [9.17, 15) is 13.2 Å². The number of hydrogen-bond acceptors (Lipinski definition) is 2. The summed E-state index contributed by atoms with van der Waals surface area (Å²) >= 11 is 0. The first-order valence-corrected chi connectivity index (χ1v) is 5.98. The molecule has 0 heterocycles. The average molecular weight is 282 g/mol. The first kappa shape index (κ1) is 14.4. The highest BCUT2D eigenvalue weighted by Gasteiger charge is 2.34. The van der Waals surface area contributed by atoms with Crippen LogP contribution in [-0.4, -0.2) is 5.11 Å². The summed E-state index contributed by atoms with van der Waals surface area (Å²) in [7, 11) is 0. The van der Waals surface area contributed by atoms with Gasteiger partial charge < -0.3 is 9.84 Å². The molecule has 0 radical (unpaired) electrons. The van der Waals surface area contributed by atoms with Gasteiger partial charge in [0.2, 0.25) is 0 Å². The number of halogens is 3. The summed E-state index contributed by atoms with van der Waals surface area (Å²) in [5.74, 6) is -0.270. The van der Waals surface area contributed by atoms with Crippen molar-refractivity contribution >= 4 is 0 Å². The van der Waals surface area contributed by atoms with Crippen LogP contribution in [0, 0.1) is 0 Å². The normalized spacial score (nSPS) is 11.4. The predicted octanol–water partition coefficient (Wildman–Crippen LogP) is 3.78. The maximum absolute atomic E-state index is 12.9. The van der Waals surface area contributed by atoms with Gasteiger partial charge in [-0.3, -0.25) is 0 Å². The van der Waals surface area contributed by atoms with Gasteiger partial charge in [-0.2, -0.15) is 13.2 Å². The Morgan fingerprint density at radius 2 is 1.65 bits per heavy atom. The Bertz CT molecular complexity index is 565. The van der Waals surface area contributed by atoms with E-state index in [-0.39, 0.29) is 19.0 Å². The van der Waals surface area contributed by atoms with E-state index in [0.717, 1.165) is 11.6 Å². The fourth-order valence-corrected chi connectivity index (χ4v) is 1.75. The van der Waals surface area contributed by atoms with E-state index in [2.05, 4.69) is 0 Å². The predicted molar refractivity (Wildman–Crippen MR) is 68.1 cm³/mol. The fraction of sp³-hybridized carbons (Fsp3) is 0.200. The number of hydrogen-bond donors (Lipinski definition) is 1. The molecule has 2 rings (SSSR count). The van der Waals surface area contributed by atoms with Crippen molar-refractivity contribution in [2.45, 2.75) is 19.4 Å². The van der Waals surface area contributed by atoms with Crippen LogP contribution in [0.25, 0.3) is 0 Å². The molecule has 2 aromatic rings. The topological polar surface area (TPSA) is 29.5 Å². The number of ether oxygens (including phenoxy) is 1. The number of rotatable bonds is 4. The van der Waals surface area contributed by atoms with Gasteiger partial charge in [-0.05, 0) is 23.3 Å². The van der Waals surface area contributed by atoms with Crippen LogP contribution in [0.4, 0.5) is 13.2 Å². The van der Waals surface area contributed by atoms with Gasteiger partial charge in [-0.1, -0.05) is 36.4 Å². The van der Waals surface area contributed by atoms with Gasteiger partial charge in [0.25, 0.3) is 0 Å². The summed E-state index contributed by atoms with van der Waals surface area (Å²) in [6, 6.07) is 12.3. The molecule has 106 valence electrons. The van der Waals surface area contributed by atoms with Crippen molar-refractivity contribution in [3.8, 4) is 5.75 Å². The molecular formula is C15H13F3O2. The molecule has 0 spiro atoms. The second-order valence-corrected chi connectivity index (χ2v) is 4.26. The first-order chi connectivity index (χ1) is 9.50. The van der Waals surface area contributed by atoms with Gasteiger partial charge in [-0.15, -0.1) is 0 Å². The standard InChI is InChI=1S/C15H13F3O2/c16-15(17,18)13-7-6-12(9-19)8-14(13)20-10-11-4-2-1-3-5-11/h1-8,19H,9-10H2. The average Bonchev–Trinajstić information content (AvgIpc) is 2.45. The summed E-state index contributed by atoms with van der Waals surface area (Å²) in [6.45, 7) is -0.293. The van der Waals surface area contributed by atoms with Crippen LogP contribution in [0.3, 0.4) is 0 Å². The lowest BCUT2D eigenvalue weighted by Crippen LogP contribution is -2.09. The Labute approximate surface area is 114 Å². The molecule has 0 fully saturated rings. The highest BCUT2D eigenvalue weighted by Crippen LogP contribution is 2.37. The van der Waals surface area contributed by atoms with Crippen molar-refractivity contribution in [3.63, 3.8) is 0 Å². The molecule has 0 unspecified atom stereocenters. The van der Waals surface area contributed by atoms with Crippen LogP contribution in [0.15, 0.2) is 48.5 Å². The first-order valence-electron chi connectivity index (χ1n) is 5.98. The van der Waals surface area contributed by atoms with E-state index in [0.29, 0.717) is 5.56 Å². The van der Waals surface area contributed by atoms with Gasteiger partial charge in [0.15, 0.2) is 0 Å². The third-order valence-electron chi connectivity index (χ3n) is 2.77. The molecule has 0 bridgehead atoms. The van der Waals surface area contributed by atoms with Crippen molar-refractivity contribution in [1.29, 1.82) is 0 Å². The van der Waals surface area contributed by atoms with E-state index in [1.807, 2.05) is 6.07 Å². The number of aliphatic hydroxyl groups is 1. The lowest BCUT2D eigenvalue weighted by Gasteiger charge is -2.15. The molecule has 0 saturated carbocycles. The van der Waals surface area contributed by atoms with E-state index in [1.165, 1.54) is 12.1 Å². The Morgan fingerprint density at radius 1 is 0.950 bits per heavy atom. The molecule has 1 N–H and O–H groups in total. The van der Waals surface area contributed by atoms with Crippen molar-refractivity contribution in [3.05, 3.63) is 65.2 Å². The summed E-state index contributed by atoms with van der Waals surface area (Å²) in [5, 5.41) is 9.00. The molecule has 20 heavy (non-hydrogen) atoms. The molecule has 0 aliphatic rings. The second-order valence-electron chi connectivity index (χ2n) is 4.26. The second kappa shape index (κ2) is 5.96. The fourth-order valence-electron chi connectivity index (χ4n) is 1.75. The molecule has 0 amide bonds. The highest BCUT2D eigenvalue weighted by atomic mass is 19.4. The lowest BCUT2D eigenvalue weighted by atomic mass is 10.1. The van der Waals surface area contributed by atoms with Crippen molar-refractivity contribution in [2.75, 3.05) is 0 Å². The summed E-state index contributed by atoms with van der Waals surface area (Å²) in [5.41, 5.74) is 0.307. The Hall–Kier alpha value is -2.01. The van der Waals surface area contributed by atoms with Crippen LogP contribution < -0.4 is 4.74 Å². The third-order valence-corrected chi connectivity index (χ3v) is 2.77. The minimum absolute atomic E-state index is 0.0405. The van der Waals surface area contributed by atoms with Gasteiger partial charge in [0, 0.05) is 0 Å². The summed E-state index contributed by atoms with van der Waals surface area (Å²) in [4.78, 5) is 0.